The first-order valence-corrected chi connectivity index (χ1v) is 11.9. The molecule has 3 nitrogen and oxygen atoms in total. The molecule has 0 N–H and O–H groups in total. The number of ketones is 1. The SMILES string of the molecule is CCCCC1(CCCC)CCc2c(OCc3ccc4ccccc4n3)ccc(F)c2C1=O. The summed E-state index contributed by atoms with van der Waals surface area (Å²) in [5, 5.41) is 1.08. The lowest BCUT2D eigenvalue weighted by molar-refractivity contribution is 0.0699. The molecule has 0 saturated carbocycles. The van der Waals surface area contributed by atoms with E-state index in [2.05, 4.69) is 18.8 Å². The number of ether oxygens (including phenoxy) is 1. The van der Waals surface area contributed by atoms with Crippen molar-refractivity contribution in [3.05, 3.63) is 71.2 Å². The maximum absolute atomic E-state index is 14.9. The van der Waals surface area contributed by atoms with E-state index in [1.165, 1.54) is 6.07 Å². The minimum absolute atomic E-state index is 0.0209. The lowest BCUT2D eigenvalue weighted by Crippen LogP contribution is -2.37. The Morgan fingerprint density at radius 1 is 1.00 bits per heavy atom. The van der Waals surface area contributed by atoms with Crippen molar-refractivity contribution in [2.45, 2.75) is 71.8 Å². The highest BCUT2D eigenvalue weighted by molar-refractivity contribution is 6.03. The minimum Gasteiger partial charge on any atom is -0.487 e. The van der Waals surface area contributed by atoms with E-state index in [1.54, 1.807) is 6.07 Å². The molecule has 1 aliphatic carbocycles. The lowest BCUT2D eigenvalue weighted by atomic mass is 9.65. The average Bonchev–Trinajstić information content (AvgIpc) is 2.82. The molecule has 0 spiro atoms. The molecule has 0 saturated heterocycles. The van der Waals surface area contributed by atoms with Gasteiger partial charge in [0.2, 0.25) is 0 Å². The van der Waals surface area contributed by atoms with Gasteiger partial charge < -0.3 is 4.74 Å². The van der Waals surface area contributed by atoms with E-state index in [0.29, 0.717) is 12.2 Å². The molecule has 0 fully saturated rings. The summed E-state index contributed by atoms with van der Waals surface area (Å²) in [5.41, 5.74) is 2.27. The van der Waals surface area contributed by atoms with Gasteiger partial charge in [0.25, 0.3) is 0 Å². The number of benzene rings is 2. The third kappa shape index (κ3) is 4.41. The van der Waals surface area contributed by atoms with Crippen molar-refractivity contribution in [2.75, 3.05) is 0 Å². The van der Waals surface area contributed by atoms with Crippen molar-refractivity contribution < 1.29 is 13.9 Å². The number of hydrogen-bond acceptors (Lipinski definition) is 3. The van der Waals surface area contributed by atoms with Gasteiger partial charge in [-0.1, -0.05) is 63.8 Å². The highest BCUT2D eigenvalue weighted by Gasteiger charge is 2.43. The number of Topliss-reactive ketones (excluding diaryl/α,β-unsaturated/α-hetero) is 1. The molecule has 32 heavy (non-hydrogen) atoms. The first-order valence-electron chi connectivity index (χ1n) is 11.9. The molecule has 1 heterocycles. The van der Waals surface area contributed by atoms with Crippen LogP contribution < -0.4 is 4.74 Å². The summed E-state index contributed by atoms with van der Waals surface area (Å²) in [6.45, 7) is 4.57. The average molecular weight is 434 g/mol. The van der Waals surface area contributed by atoms with Crippen molar-refractivity contribution in [2.24, 2.45) is 5.41 Å². The molecular weight excluding hydrogens is 401 g/mol. The number of aromatic nitrogens is 1. The number of rotatable bonds is 9. The van der Waals surface area contributed by atoms with E-state index in [0.717, 1.165) is 67.1 Å². The van der Waals surface area contributed by atoms with Crippen LogP contribution in [0.4, 0.5) is 4.39 Å². The summed E-state index contributed by atoms with van der Waals surface area (Å²) in [5.74, 6) is 0.162. The van der Waals surface area contributed by atoms with Crippen LogP contribution in [-0.4, -0.2) is 10.8 Å². The summed E-state index contributed by atoms with van der Waals surface area (Å²) in [7, 11) is 0. The van der Waals surface area contributed by atoms with E-state index in [4.69, 9.17) is 4.74 Å². The third-order valence-corrected chi connectivity index (χ3v) is 6.83. The van der Waals surface area contributed by atoms with Crippen molar-refractivity contribution in [1.29, 1.82) is 0 Å². The van der Waals surface area contributed by atoms with Crippen LogP contribution in [0, 0.1) is 11.2 Å². The monoisotopic (exact) mass is 433 g/mol. The molecule has 4 heteroatoms. The fourth-order valence-corrected chi connectivity index (χ4v) is 4.94. The molecule has 0 atom stereocenters. The van der Waals surface area contributed by atoms with Gasteiger partial charge in [-0.3, -0.25) is 4.79 Å². The number of fused-ring (bicyclic) bond motifs is 2. The molecular formula is C28H32FNO2. The summed E-state index contributed by atoms with van der Waals surface area (Å²) >= 11 is 0. The molecule has 1 aliphatic rings. The highest BCUT2D eigenvalue weighted by atomic mass is 19.1. The smallest absolute Gasteiger partial charge is 0.172 e. The predicted octanol–water partition coefficient (Wildman–Crippen LogP) is 7.45. The lowest BCUT2D eigenvalue weighted by Gasteiger charge is -2.37. The maximum Gasteiger partial charge on any atom is 0.172 e. The Hall–Kier alpha value is -2.75. The van der Waals surface area contributed by atoms with Crippen LogP contribution >= 0.6 is 0 Å². The number of carbonyl (C=O) groups excluding carboxylic acids is 1. The molecule has 0 amide bonds. The Balaban J connectivity index is 1.60. The molecule has 0 radical (unpaired) electrons. The molecule has 0 aliphatic heterocycles. The van der Waals surface area contributed by atoms with Crippen LogP contribution in [0.15, 0.2) is 48.5 Å². The van der Waals surface area contributed by atoms with Crippen LogP contribution in [0.3, 0.4) is 0 Å². The molecule has 2 aromatic carbocycles. The van der Waals surface area contributed by atoms with Crippen LogP contribution in [0.1, 0.15) is 80.4 Å². The standard InChI is InChI=1S/C28H32FNO2/c1-3-5-16-28(17-6-4-2)18-15-22-25(14-13-23(29)26(22)27(28)31)32-19-21-12-11-20-9-7-8-10-24(20)30-21/h7-14H,3-6,15-19H2,1-2H3. The quantitative estimate of drug-likeness (QED) is 0.352. The molecule has 3 aromatic rings. The second-order valence-corrected chi connectivity index (χ2v) is 9.00. The maximum atomic E-state index is 14.9. The van der Waals surface area contributed by atoms with Gasteiger partial charge in [-0.05, 0) is 49.9 Å². The summed E-state index contributed by atoms with van der Waals surface area (Å²) in [6.07, 6.45) is 7.20. The van der Waals surface area contributed by atoms with Crippen LogP contribution in [0.2, 0.25) is 0 Å². The fourth-order valence-electron chi connectivity index (χ4n) is 4.94. The number of halogens is 1. The predicted molar refractivity (Wildman–Crippen MR) is 127 cm³/mol. The van der Waals surface area contributed by atoms with E-state index >= 15 is 0 Å². The van der Waals surface area contributed by atoms with Gasteiger partial charge in [0.1, 0.15) is 18.2 Å². The Morgan fingerprint density at radius 3 is 2.50 bits per heavy atom. The van der Waals surface area contributed by atoms with Crippen molar-refractivity contribution in [3.63, 3.8) is 0 Å². The zero-order valence-corrected chi connectivity index (χ0v) is 19.1. The number of pyridine rings is 1. The van der Waals surface area contributed by atoms with Gasteiger partial charge in [-0.2, -0.15) is 0 Å². The van der Waals surface area contributed by atoms with Crippen molar-refractivity contribution in [3.8, 4) is 5.75 Å². The summed E-state index contributed by atoms with van der Waals surface area (Å²) in [6, 6.07) is 15.0. The number of para-hydroxylation sites is 1. The largest absolute Gasteiger partial charge is 0.487 e. The molecule has 1 aromatic heterocycles. The molecule has 168 valence electrons. The van der Waals surface area contributed by atoms with Crippen molar-refractivity contribution >= 4 is 16.7 Å². The number of carbonyl (C=O) groups is 1. The third-order valence-electron chi connectivity index (χ3n) is 6.83. The minimum atomic E-state index is -0.432. The highest BCUT2D eigenvalue weighted by Crippen LogP contribution is 2.46. The van der Waals surface area contributed by atoms with Crippen LogP contribution in [-0.2, 0) is 13.0 Å². The Bertz CT molecular complexity index is 1100. The summed E-state index contributed by atoms with van der Waals surface area (Å²) in [4.78, 5) is 18.3. The van der Waals surface area contributed by atoms with E-state index < -0.39 is 11.2 Å². The van der Waals surface area contributed by atoms with Gasteiger partial charge in [0, 0.05) is 16.4 Å². The van der Waals surface area contributed by atoms with E-state index in [1.807, 2.05) is 36.4 Å². The van der Waals surface area contributed by atoms with Crippen molar-refractivity contribution in [1.82, 2.24) is 4.98 Å². The van der Waals surface area contributed by atoms with Gasteiger partial charge in [0.05, 0.1) is 16.8 Å². The number of unbranched alkanes of at least 4 members (excludes halogenated alkanes) is 2. The van der Waals surface area contributed by atoms with E-state index in [-0.39, 0.29) is 18.0 Å². The molecule has 0 bridgehead atoms. The number of nitrogens with zero attached hydrogens (tertiary/aromatic N) is 1. The van der Waals surface area contributed by atoms with Gasteiger partial charge in [-0.25, -0.2) is 9.37 Å². The normalized spacial score (nSPS) is 15.0. The van der Waals surface area contributed by atoms with Gasteiger partial charge in [-0.15, -0.1) is 0 Å². The molecule has 0 unspecified atom stereocenters. The Labute approximate surface area is 190 Å². The van der Waals surface area contributed by atoms with Crippen LogP contribution in [0.25, 0.3) is 10.9 Å². The second-order valence-electron chi connectivity index (χ2n) is 9.00. The van der Waals surface area contributed by atoms with Crippen LogP contribution in [0.5, 0.6) is 5.75 Å². The first kappa shape index (κ1) is 22.4. The van der Waals surface area contributed by atoms with Gasteiger partial charge >= 0.3 is 0 Å². The second kappa shape index (κ2) is 9.81. The molecule has 4 rings (SSSR count). The van der Waals surface area contributed by atoms with Gasteiger partial charge in [0.15, 0.2) is 5.78 Å². The Morgan fingerprint density at radius 2 is 1.75 bits per heavy atom. The summed E-state index contributed by atoms with van der Waals surface area (Å²) < 4.78 is 21.0. The number of hydrogen-bond donors (Lipinski definition) is 0. The van der Waals surface area contributed by atoms with E-state index in [9.17, 15) is 9.18 Å². The zero-order chi connectivity index (χ0) is 22.6. The zero-order valence-electron chi connectivity index (χ0n) is 19.1. The topological polar surface area (TPSA) is 39.2 Å². The fraction of sp³-hybridized carbons (Fsp3) is 0.429. The first-order chi connectivity index (χ1) is 15.6. The Kier molecular flexibility index (Phi) is 6.88.